The highest BCUT2D eigenvalue weighted by Crippen LogP contribution is 2.13. The van der Waals surface area contributed by atoms with Crippen molar-refractivity contribution in [1.29, 1.82) is 0 Å². The summed E-state index contributed by atoms with van der Waals surface area (Å²) in [5.41, 5.74) is 0.626. The third-order valence-electron chi connectivity index (χ3n) is 1.90. The second-order valence-corrected chi connectivity index (χ2v) is 4.20. The maximum absolute atomic E-state index is 12.8. The standard InChI is InChI=1S/C13H7FOS/c14-11-3-1-2-10(8-11)4-5-12-6-7-13(9-15)16-12/h1-3,6-9H. The van der Waals surface area contributed by atoms with Crippen molar-refractivity contribution in [1.82, 2.24) is 0 Å². The Balaban J connectivity index is 2.24. The van der Waals surface area contributed by atoms with Gasteiger partial charge in [0.2, 0.25) is 0 Å². The van der Waals surface area contributed by atoms with Crippen molar-refractivity contribution in [2.45, 2.75) is 0 Å². The Morgan fingerprint density at radius 3 is 2.75 bits per heavy atom. The zero-order valence-electron chi connectivity index (χ0n) is 8.24. The molecule has 0 amide bonds. The molecule has 0 N–H and O–H groups in total. The van der Waals surface area contributed by atoms with E-state index in [0.29, 0.717) is 10.4 Å². The second kappa shape index (κ2) is 4.73. The predicted octanol–water partition coefficient (Wildman–Crippen LogP) is 3.10. The molecule has 1 aromatic carbocycles. The Morgan fingerprint density at radius 1 is 1.19 bits per heavy atom. The molecule has 16 heavy (non-hydrogen) atoms. The van der Waals surface area contributed by atoms with Gasteiger partial charge in [-0.1, -0.05) is 17.9 Å². The minimum absolute atomic E-state index is 0.299. The van der Waals surface area contributed by atoms with Gasteiger partial charge in [0.25, 0.3) is 0 Å². The Morgan fingerprint density at radius 2 is 2.06 bits per heavy atom. The number of thiophene rings is 1. The van der Waals surface area contributed by atoms with Gasteiger partial charge in [-0.25, -0.2) is 4.39 Å². The molecule has 0 fully saturated rings. The van der Waals surface area contributed by atoms with E-state index in [1.54, 1.807) is 24.3 Å². The van der Waals surface area contributed by atoms with E-state index in [0.717, 1.165) is 11.2 Å². The Hall–Kier alpha value is -1.92. The van der Waals surface area contributed by atoms with Crippen molar-refractivity contribution < 1.29 is 9.18 Å². The smallest absolute Gasteiger partial charge is 0.160 e. The monoisotopic (exact) mass is 230 g/mol. The van der Waals surface area contributed by atoms with Crippen LogP contribution in [0.4, 0.5) is 4.39 Å². The molecule has 0 saturated carbocycles. The topological polar surface area (TPSA) is 17.1 Å². The average Bonchev–Trinajstić information content (AvgIpc) is 2.74. The van der Waals surface area contributed by atoms with Gasteiger partial charge in [0.15, 0.2) is 6.29 Å². The highest BCUT2D eigenvalue weighted by atomic mass is 32.1. The predicted molar refractivity (Wildman–Crippen MR) is 62.1 cm³/mol. The minimum atomic E-state index is -0.299. The normalized spacial score (nSPS) is 9.31. The largest absolute Gasteiger partial charge is 0.297 e. The molecule has 0 atom stereocenters. The fourth-order valence-electron chi connectivity index (χ4n) is 1.18. The van der Waals surface area contributed by atoms with Crippen LogP contribution in [0.3, 0.4) is 0 Å². The SMILES string of the molecule is O=Cc1ccc(C#Cc2cccc(F)c2)s1. The van der Waals surface area contributed by atoms with Gasteiger partial charge in [0.05, 0.1) is 9.75 Å². The van der Waals surface area contributed by atoms with Crippen LogP contribution in [0.1, 0.15) is 20.1 Å². The summed E-state index contributed by atoms with van der Waals surface area (Å²) in [4.78, 5) is 11.9. The molecule has 0 spiro atoms. The molecule has 2 rings (SSSR count). The molecule has 0 aliphatic heterocycles. The van der Waals surface area contributed by atoms with Gasteiger partial charge >= 0.3 is 0 Å². The molecule has 3 heteroatoms. The lowest BCUT2D eigenvalue weighted by atomic mass is 10.2. The highest BCUT2D eigenvalue weighted by molar-refractivity contribution is 7.14. The number of aldehydes is 1. The van der Waals surface area contributed by atoms with Crippen molar-refractivity contribution in [3.05, 3.63) is 57.5 Å². The molecule has 0 aliphatic rings. The molecule has 1 heterocycles. The summed E-state index contributed by atoms with van der Waals surface area (Å²) in [5, 5.41) is 0. The van der Waals surface area contributed by atoms with Gasteiger partial charge in [0, 0.05) is 5.56 Å². The first-order valence-electron chi connectivity index (χ1n) is 4.60. The van der Waals surface area contributed by atoms with Crippen LogP contribution in [-0.2, 0) is 0 Å². The molecule has 0 aliphatic carbocycles. The maximum Gasteiger partial charge on any atom is 0.160 e. The van der Waals surface area contributed by atoms with Crippen molar-refractivity contribution in [2.75, 3.05) is 0 Å². The van der Waals surface area contributed by atoms with Gasteiger partial charge in [-0.15, -0.1) is 11.3 Å². The Labute approximate surface area is 96.5 Å². The summed E-state index contributed by atoms with van der Waals surface area (Å²) >= 11 is 1.32. The van der Waals surface area contributed by atoms with Crippen LogP contribution in [0.15, 0.2) is 36.4 Å². The van der Waals surface area contributed by atoms with Crippen molar-refractivity contribution in [2.24, 2.45) is 0 Å². The third-order valence-corrected chi connectivity index (χ3v) is 2.82. The molecule has 1 nitrogen and oxygen atoms in total. The molecule has 0 saturated heterocycles. The summed E-state index contributed by atoms with van der Waals surface area (Å²) in [6, 6.07) is 9.60. The van der Waals surface area contributed by atoms with Gasteiger partial charge < -0.3 is 0 Å². The summed E-state index contributed by atoms with van der Waals surface area (Å²) < 4.78 is 12.8. The summed E-state index contributed by atoms with van der Waals surface area (Å²) in [7, 11) is 0. The van der Waals surface area contributed by atoms with Crippen molar-refractivity contribution in [3.63, 3.8) is 0 Å². The molecule has 2 aromatic rings. The Kier molecular flexibility index (Phi) is 3.13. The molecule has 78 valence electrons. The van der Waals surface area contributed by atoms with Gasteiger partial charge in [-0.05, 0) is 30.3 Å². The summed E-state index contributed by atoms with van der Waals surface area (Å²) in [6.07, 6.45) is 0.790. The number of benzene rings is 1. The summed E-state index contributed by atoms with van der Waals surface area (Å²) in [6.45, 7) is 0. The fraction of sp³-hybridized carbons (Fsp3) is 0. The van der Waals surface area contributed by atoms with Gasteiger partial charge in [0.1, 0.15) is 5.82 Å². The number of carbonyl (C=O) groups is 1. The van der Waals surface area contributed by atoms with E-state index in [9.17, 15) is 9.18 Å². The second-order valence-electron chi connectivity index (χ2n) is 3.08. The quantitative estimate of drug-likeness (QED) is 0.543. The van der Waals surface area contributed by atoms with Crippen LogP contribution in [0, 0.1) is 17.7 Å². The van der Waals surface area contributed by atoms with Crippen LogP contribution in [0.2, 0.25) is 0 Å². The zero-order valence-corrected chi connectivity index (χ0v) is 9.05. The molecular formula is C13H7FOS. The van der Waals surface area contributed by atoms with E-state index in [1.807, 2.05) is 0 Å². The lowest BCUT2D eigenvalue weighted by molar-refractivity contribution is 0.112. The van der Waals surface area contributed by atoms with Crippen LogP contribution >= 0.6 is 11.3 Å². The van der Waals surface area contributed by atoms with E-state index < -0.39 is 0 Å². The first kappa shape index (κ1) is 10.6. The lowest BCUT2D eigenvalue weighted by Crippen LogP contribution is -1.76. The number of hydrogen-bond acceptors (Lipinski definition) is 2. The molecule has 0 unspecified atom stereocenters. The average molecular weight is 230 g/mol. The van der Waals surface area contributed by atoms with E-state index in [4.69, 9.17) is 0 Å². The van der Waals surface area contributed by atoms with Crippen LogP contribution in [0.25, 0.3) is 0 Å². The first-order chi connectivity index (χ1) is 7.78. The number of carbonyl (C=O) groups excluding carboxylic acids is 1. The maximum atomic E-state index is 12.8. The number of hydrogen-bond donors (Lipinski definition) is 0. The first-order valence-corrected chi connectivity index (χ1v) is 5.42. The van der Waals surface area contributed by atoms with Crippen molar-refractivity contribution in [3.8, 4) is 11.8 Å². The number of halogens is 1. The number of rotatable bonds is 1. The van der Waals surface area contributed by atoms with E-state index in [1.165, 1.54) is 23.5 Å². The molecule has 1 aromatic heterocycles. The van der Waals surface area contributed by atoms with Crippen LogP contribution < -0.4 is 0 Å². The third kappa shape index (κ3) is 2.56. The lowest BCUT2D eigenvalue weighted by Gasteiger charge is -1.88. The zero-order chi connectivity index (χ0) is 11.4. The Bertz CT molecular complexity index is 575. The van der Waals surface area contributed by atoms with Crippen LogP contribution in [-0.4, -0.2) is 6.29 Å². The molecular weight excluding hydrogens is 223 g/mol. The van der Waals surface area contributed by atoms with Gasteiger partial charge in [-0.3, -0.25) is 4.79 Å². The highest BCUT2D eigenvalue weighted by Gasteiger charge is 1.95. The molecule has 0 bridgehead atoms. The summed E-state index contributed by atoms with van der Waals surface area (Å²) in [5.74, 6) is 5.43. The minimum Gasteiger partial charge on any atom is -0.297 e. The van der Waals surface area contributed by atoms with Crippen molar-refractivity contribution >= 4 is 17.6 Å². The van der Waals surface area contributed by atoms with E-state index in [-0.39, 0.29) is 5.82 Å². The van der Waals surface area contributed by atoms with E-state index >= 15 is 0 Å². The van der Waals surface area contributed by atoms with Crippen LogP contribution in [0.5, 0.6) is 0 Å². The van der Waals surface area contributed by atoms with E-state index in [2.05, 4.69) is 11.8 Å². The molecule has 0 radical (unpaired) electrons. The fourth-order valence-corrected chi connectivity index (χ4v) is 1.86. The van der Waals surface area contributed by atoms with Gasteiger partial charge in [-0.2, -0.15) is 0 Å².